The monoisotopic (exact) mass is 423 g/mol. The van der Waals surface area contributed by atoms with Crippen LogP contribution in [0.15, 0.2) is 48.5 Å². The number of hydrogen-bond acceptors (Lipinski definition) is 3. The van der Waals surface area contributed by atoms with Crippen molar-refractivity contribution in [1.82, 2.24) is 5.32 Å². The fourth-order valence-corrected chi connectivity index (χ4v) is 3.08. The Morgan fingerprint density at radius 1 is 1.26 bits per heavy atom. The highest BCUT2D eigenvalue weighted by molar-refractivity contribution is 14.1. The Labute approximate surface area is 149 Å². The van der Waals surface area contributed by atoms with E-state index < -0.39 is 6.09 Å². The van der Waals surface area contributed by atoms with Gasteiger partial charge in [0.2, 0.25) is 0 Å². The van der Waals surface area contributed by atoms with E-state index in [-0.39, 0.29) is 12.7 Å². The molecule has 0 spiro atoms. The summed E-state index contributed by atoms with van der Waals surface area (Å²) < 4.78 is 12.3. The molecular formula is C18H18INO3. The number of alkyl carbamates (subject to hydrolysis) is 1. The number of hydrogen-bond donors (Lipinski definition) is 1. The molecule has 5 heteroatoms. The maximum absolute atomic E-state index is 11.8. The van der Waals surface area contributed by atoms with Gasteiger partial charge >= 0.3 is 6.09 Å². The second-order valence-corrected chi connectivity index (χ2v) is 6.72. The van der Waals surface area contributed by atoms with Gasteiger partial charge in [0.1, 0.15) is 18.5 Å². The molecule has 23 heavy (non-hydrogen) atoms. The van der Waals surface area contributed by atoms with Gasteiger partial charge in [0.25, 0.3) is 0 Å². The van der Waals surface area contributed by atoms with Crippen LogP contribution in [0.5, 0.6) is 5.75 Å². The first-order chi connectivity index (χ1) is 11.2. The van der Waals surface area contributed by atoms with E-state index >= 15 is 0 Å². The molecule has 1 atom stereocenters. The molecule has 2 aromatic carbocycles. The van der Waals surface area contributed by atoms with Gasteiger partial charge in [0.05, 0.1) is 6.54 Å². The summed E-state index contributed by atoms with van der Waals surface area (Å²) in [7, 11) is 0. The summed E-state index contributed by atoms with van der Waals surface area (Å²) in [5.74, 6) is 0.918. The third-order valence-corrected chi connectivity index (χ3v) is 4.41. The van der Waals surface area contributed by atoms with Crippen LogP contribution in [-0.4, -0.2) is 18.7 Å². The molecule has 0 radical (unpaired) electrons. The quantitative estimate of drug-likeness (QED) is 0.759. The van der Waals surface area contributed by atoms with E-state index in [9.17, 15) is 4.79 Å². The lowest BCUT2D eigenvalue weighted by Crippen LogP contribution is -2.37. The van der Waals surface area contributed by atoms with Gasteiger partial charge in [-0.1, -0.05) is 30.3 Å². The highest BCUT2D eigenvalue weighted by Crippen LogP contribution is 2.28. The summed E-state index contributed by atoms with van der Waals surface area (Å²) in [5, 5.41) is 2.78. The van der Waals surface area contributed by atoms with Crippen LogP contribution in [0.1, 0.15) is 17.5 Å². The van der Waals surface area contributed by atoms with Gasteiger partial charge in [-0.05, 0) is 64.8 Å². The summed E-state index contributed by atoms with van der Waals surface area (Å²) >= 11 is 2.30. The number of halogens is 1. The van der Waals surface area contributed by atoms with Gasteiger partial charge in [-0.15, -0.1) is 0 Å². The second kappa shape index (κ2) is 7.68. The largest absolute Gasteiger partial charge is 0.488 e. The van der Waals surface area contributed by atoms with Crippen molar-refractivity contribution < 1.29 is 14.3 Å². The highest BCUT2D eigenvalue weighted by atomic mass is 127. The number of nitrogens with one attached hydrogen (secondary N) is 1. The third-order valence-electron chi connectivity index (χ3n) is 3.74. The van der Waals surface area contributed by atoms with E-state index in [1.165, 1.54) is 9.13 Å². The minimum absolute atomic E-state index is 0.00756. The molecule has 3 rings (SSSR count). The molecule has 1 N–H and O–H groups in total. The number of rotatable bonds is 4. The minimum Gasteiger partial charge on any atom is -0.488 e. The highest BCUT2D eigenvalue weighted by Gasteiger charge is 2.20. The number of benzene rings is 2. The van der Waals surface area contributed by atoms with Crippen LogP contribution >= 0.6 is 22.6 Å². The molecule has 0 saturated carbocycles. The van der Waals surface area contributed by atoms with Crippen molar-refractivity contribution >= 4 is 28.7 Å². The zero-order valence-electron chi connectivity index (χ0n) is 12.6. The lowest BCUT2D eigenvalue weighted by molar-refractivity contribution is 0.126. The van der Waals surface area contributed by atoms with E-state index in [1.54, 1.807) is 0 Å². The molecule has 4 nitrogen and oxygen atoms in total. The number of fused-ring (bicyclic) bond motifs is 1. The smallest absolute Gasteiger partial charge is 0.407 e. The fourth-order valence-electron chi connectivity index (χ4n) is 2.53. The molecule has 1 heterocycles. The fraction of sp³-hybridized carbons (Fsp3) is 0.278. The molecular weight excluding hydrogens is 405 g/mol. The van der Waals surface area contributed by atoms with Crippen molar-refractivity contribution in [2.75, 3.05) is 6.54 Å². The summed E-state index contributed by atoms with van der Waals surface area (Å²) in [5.41, 5.74) is 2.21. The van der Waals surface area contributed by atoms with Crippen molar-refractivity contribution in [2.24, 2.45) is 0 Å². The van der Waals surface area contributed by atoms with E-state index in [1.807, 2.05) is 42.5 Å². The first-order valence-corrected chi connectivity index (χ1v) is 8.68. The first-order valence-electron chi connectivity index (χ1n) is 7.60. The van der Waals surface area contributed by atoms with E-state index in [2.05, 4.69) is 34.0 Å². The van der Waals surface area contributed by atoms with Crippen LogP contribution in [0, 0.1) is 3.57 Å². The minimum atomic E-state index is -0.411. The van der Waals surface area contributed by atoms with Gasteiger partial charge in [0.15, 0.2) is 0 Å². The number of ether oxygens (including phenoxy) is 2. The third kappa shape index (κ3) is 4.60. The molecule has 120 valence electrons. The van der Waals surface area contributed by atoms with Gasteiger partial charge in [-0.3, -0.25) is 0 Å². The number of carbonyl (C=O) groups excluding carboxylic acids is 1. The number of aryl methyl sites for hydroxylation is 1. The average molecular weight is 423 g/mol. The van der Waals surface area contributed by atoms with Crippen molar-refractivity contribution in [1.29, 1.82) is 0 Å². The zero-order valence-corrected chi connectivity index (χ0v) is 14.8. The second-order valence-electron chi connectivity index (χ2n) is 5.47. The van der Waals surface area contributed by atoms with Crippen LogP contribution in [0.4, 0.5) is 4.79 Å². The summed E-state index contributed by atoms with van der Waals surface area (Å²) in [6.45, 7) is 0.735. The Morgan fingerprint density at radius 3 is 2.91 bits per heavy atom. The van der Waals surface area contributed by atoms with Gasteiger partial charge in [-0.2, -0.15) is 0 Å². The molecule has 0 unspecified atom stereocenters. The van der Waals surface area contributed by atoms with E-state index in [0.29, 0.717) is 6.54 Å². The SMILES string of the molecule is O=C(NC[C@H]1CCc2cc(I)ccc2O1)OCc1ccccc1. The summed E-state index contributed by atoms with van der Waals surface area (Å²) in [4.78, 5) is 11.8. The number of amides is 1. The zero-order chi connectivity index (χ0) is 16.1. The Bertz CT molecular complexity index is 675. The van der Waals surface area contributed by atoms with E-state index in [4.69, 9.17) is 9.47 Å². The van der Waals surface area contributed by atoms with Crippen LogP contribution < -0.4 is 10.1 Å². The van der Waals surface area contributed by atoms with Crippen molar-refractivity contribution in [3.63, 3.8) is 0 Å². The Balaban J connectivity index is 1.44. The van der Waals surface area contributed by atoms with Crippen molar-refractivity contribution in [3.8, 4) is 5.75 Å². The van der Waals surface area contributed by atoms with Gasteiger partial charge in [0, 0.05) is 3.57 Å². The number of carbonyl (C=O) groups is 1. The standard InChI is InChI=1S/C18H18INO3/c19-15-7-9-17-14(10-15)6-8-16(23-17)11-20-18(21)22-12-13-4-2-1-3-5-13/h1-5,7,9-10,16H,6,8,11-12H2,(H,20,21)/t16-/m1/s1. The van der Waals surface area contributed by atoms with Gasteiger partial charge in [-0.25, -0.2) is 4.79 Å². The lowest BCUT2D eigenvalue weighted by Gasteiger charge is -2.26. The molecule has 0 aromatic heterocycles. The van der Waals surface area contributed by atoms with Crippen LogP contribution in [0.25, 0.3) is 0 Å². The Kier molecular flexibility index (Phi) is 5.38. The molecule has 0 aliphatic carbocycles. The van der Waals surface area contributed by atoms with Crippen molar-refractivity contribution in [3.05, 3.63) is 63.2 Å². The predicted molar refractivity (Wildman–Crippen MR) is 96.5 cm³/mol. The molecule has 0 bridgehead atoms. The molecule has 0 fully saturated rings. The maximum Gasteiger partial charge on any atom is 0.407 e. The van der Waals surface area contributed by atoms with Crippen molar-refractivity contribution in [2.45, 2.75) is 25.6 Å². The topological polar surface area (TPSA) is 47.6 Å². The molecule has 2 aromatic rings. The maximum atomic E-state index is 11.8. The lowest BCUT2D eigenvalue weighted by atomic mass is 10.0. The molecule has 1 aliphatic heterocycles. The van der Waals surface area contributed by atoms with E-state index in [0.717, 1.165) is 24.2 Å². The summed E-state index contributed by atoms with van der Waals surface area (Å²) in [6, 6.07) is 15.8. The van der Waals surface area contributed by atoms with Crippen LogP contribution in [0.3, 0.4) is 0 Å². The molecule has 1 aliphatic rings. The first kappa shape index (κ1) is 16.1. The average Bonchev–Trinajstić information content (AvgIpc) is 2.59. The van der Waals surface area contributed by atoms with Gasteiger partial charge < -0.3 is 14.8 Å². The van der Waals surface area contributed by atoms with Crippen LogP contribution in [-0.2, 0) is 17.8 Å². The Morgan fingerprint density at radius 2 is 2.09 bits per heavy atom. The summed E-state index contributed by atoms with van der Waals surface area (Å²) in [6.07, 6.45) is 1.45. The predicted octanol–water partition coefficient (Wildman–Crippen LogP) is 3.91. The van der Waals surface area contributed by atoms with Crippen LogP contribution in [0.2, 0.25) is 0 Å². The normalized spacial score (nSPS) is 16.1. The molecule has 0 saturated heterocycles. The Hall–Kier alpha value is -1.76. The molecule has 1 amide bonds.